The summed E-state index contributed by atoms with van der Waals surface area (Å²) < 4.78 is 27.6. The Morgan fingerprint density at radius 2 is 2.35 bits per heavy atom. The fourth-order valence-corrected chi connectivity index (χ4v) is 3.95. The number of carbonyl (C=O) groups is 1. The largest absolute Gasteiger partial charge is 0.480 e. The van der Waals surface area contributed by atoms with E-state index < -0.39 is 15.9 Å². The maximum atomic E-state index is 11.7. The van der Waals surface area contributed by atoms with Crippen LogP contribution in [0, 0.1) is 5.92 Å². The molecule has 2 rings (SSSR count). The molecule has 0 bridgehead atoms. The first-order valence-electron chi connectivity index (χ1n) is 6.24. The molecule has 1 aliphatic rings. The van der Waals surface area contributed by atoms with Gasteiger partial charge < -0.3 is 15.4 Å². The number of hydrogen-bond acceptors (Lipinski definition) is 5. The molecule has 1 fully saturated rings. The van der Waals surface area contributed by atoms with Crippen molar-refractivity contribution in [2.24, 2.45) is 5.92 Å². The van der Waals surface area contributed by atoms with Crippen molar-refractivity contribution in [1.29, 1.82) is 0 Å². The third kappa shape index (κ3) is 3.83. The van der Waals surface area contributed by atoms with Gasteiger partial charge in [-0.1, -0.05) is 0 Å². The highest BCUT2D eigenvalue weighted by Crippen LogP contribution is 2.20. The number of nitrogens with zero attached hydrogens (tertiary/aromatic N) is 1. The molecule has 2 N–H and O–H groups in total. The summed E-state index contributed by atoms with van der Waals surface area (Å²) >= 11 is 0. The van der Waals surface area contributed by atoms with Crippen LogP contribution in [0.3, 0.4) is 0 Å². The van der Waals surface area contributed by atoms with Gasteiger partial charge in [0.1, 0.15) is 5.69 Å². The maximum Gasteiger partial charge on any atom is 0.319 e. The molecule has 110 valence electrons. The molecule has 0 saturated carbocycles. The van der Waals surface area contributed by atoms with E-state index in [-0.39, 0.29) is 17.4 Å². The minimum Gasteiger partial charge on any atom is -0.480 e. The van der Waals surface area contributed by atoms with Crippen molar-refractivity contribution < 1.29 is 17.9 Å². The molecule has 0 unspecified atom stereocenters. The summed E-state index contributed by atoms with van der Waals surface area (Å²) in [6.45, 7) is 0.341. The van der Waals surface area contributed by atoms with Gasteiger partial charge in [0.25, 0.3) is 0 Å². The van der Waals surface area contributed by atoms with E-state index in [1.807, 2.05) is 0 Å². The molecule has 0 aliphatic carbocycles. The van der Waals surface area contributed by atoms with Crippen LogP contribution in [0.15, 0.2) is 18.3 Å². The Morgan fingerprint density at radius 3 is 3.00 bits per heavy atom. The molecule has 0 radical (unpaired) electrons. The Morgan fingerprint density at radius 1 is 1.55 bits per heavy atom. The van der Waals surface area contributed by atoms with Crippen LogP contribution in [-0.2, 0) is 9.84 Å². The van der Waals surface area contributed by atoms with Gasteiger partial charge in [0.05, 0.1) is 18.6 Å². The van der Waals surface area contributed by atoms with E-state index in [2.05, 4.69) is 15.6 Å². The minimum absolute atomic E-state index is 0.0125. The van der Waals surface area contributed by atoms with Gasteiger partial charge >= 0.3 is 6.03 Å². The highest BCUT2D eigenvalue weighted by atomic mass is 32.2. The number of carbonyl (C=O) groups excluding carboxylic acids is 1. The van der Waals surface area contributed by atoms with Crippen molar-refractivity contribution in [3.8, 4) is 5.88 Å². The fourth-order valence-electron chi connectivity index (χ4n) is 2.09. The lowest BCUT2D eigenvalue weighted by Gasteiger charge is -2.12. The molecule has 8 heteroatoms. The zero-order chi connectivity index (χ0) is 14.6. The number of sulfone groups is 1. The summed E-state index contributed by atoms with van der Waals surface area (Å²) in [5, 5.41) is 5.28. The van der Waals surface area contributed by atoms with E-state index in [0.29, 0.717) is 24.5 Å². The van der Waals surface area contributed by atoms with Crippen LogP contribution in [0.5, 0.6) is 5.88 Å². The Bertz CT molecular complexity index is 588. The van der Waals surface area contributed by atoms with Crippen molar-refractivity contribution in [2.75, 3.05) is 30.5 Å². The monoisotopic (exact) mass is 299 g/mol. The van der Waals surface area contributed by atoms with Gasteiger partial charge in [-0.15, -0.1) is 0 Å². The number of amides is 2. The van der Waals surface area contributed by atoms with Crippen LogP contribution in [-0.4, -0.2) is 44.6 Å². The van der Waals surface area contributed by atoms with Gasteiger partial charge in [-0.3, -0.25) is 0 Å². The molecule has 1 saturated heterocycles. The second-order valence-corrected chi connectivity index (χ2v) is 6.89. The van der Waals surface area contributed by atoms with Crippen LogP contribution in [0.4, 0.5) is 10.5 Å². The Hall–Kier alpha value is -1.83. The van der Waals surface area contributed by atoms with Crippen molar-refractivity contribution in [2.45, 2.75) is 6.42 Å². The fraction of sp³-hybridized carbons (Fsp3) is 0.500. The standard InChI is InChI=1S/C12H17N3O4S/c1-19-11-10(3-2-5-13-11)15-12(16)14-7-9-4-6-20(17,18)8-9/h2-3,5,9H,4,6-8H2,1H3,(H2,14,15,16)/t9-/m0/s1. The second kappa shape index (κ2) is 6.08. The normalized spacial score (nSPS) is 20.4. The van der Waals surface area contributed by atoms with Gasteiger partial charge in [-0.2, -0.15) is 0 Å². The van der Waals surface area contributed by atoms with E-state index in [9.17, 15) is 13.2 Å². The van der Waals surface area contributed by atoms with E-state index in [4.69, 9.17) is 4.74 Å². The Kier molecular flexibility index (Phi) is 4.43. The molecule has 20 heavy (non-hydrogen) atoms. The van der Waals surface area contributed by atoms with E-state index in [1.165, 1.54) is 7.11 Å². The van der Waals surface area contributed by atoms with Crippen LogP contribution in [0.1, 0.15) is 6.42 Å². The van der Waals surface area contributed by atoms with E-state index >= 15 is 0 Å². The molecular formula is C12H17N3O4S. The van der Waals surface area contributed by atoms with Crippen molar-refractivity contribution in [1.82, 2.24) is 10.3 Å². The summed E-state index contributed by atoms with van der Waals surface area (Å²) in [5.74, 6) is 0.661. The smallest absolute Gasteiger partial charge is 0.319 e. The van der Waals surface area contributed by atoms with Gasteiger partial charge in [0.2, 0.25) is 5.88 Å². The quantitative estimate of drug-likeness (QED) is 0.850. The lowest BCUT2D eigenvalue weighted by molar-refractivity contribution is 0.250. The molecule has 2 amide bonds. The number of ether oxygens (including phenoxy) is 1. The van der Waals surface area contributed by atoms with Crippen LogP contribution >= 0.6 is 0 Å². The van der Waals surface area contributed by atoms with Crippen LogP contribution in [0.2, 0.25) is 0 Å². The average Bonchev–Trinajstić information content (AvgIpc) is 2.77. The van der Waals surface area contributed by atoms with E-state index in [1.54, 1.807) is 18.3 Å². The van der Waals surface area contributed by atoms with Crippen molar-refractivity contribution >= 4 is 21.6 Å². The summed E-state index contributed by atoms with van der Waals surface area (Å²) in [6, 6.07) is 2.95. The molecule has 1 atom stereocenters. The summed E-state index contributed by atoms with van der Waals surface area (Å²) in [7, 11) is -1.45. The summed E-state index contributed by atoms with van der Waals surface area (Å²) in [4.78, 5) is 15.7. The predicted molar refractivity (Wildman–Crippen MR) is 74.6 cm³/mol. The van der Waals surface area contributed by atoms with Crippen molar-refractivity contribution in [3.63, 3.8) is 0 Å². The van der Waals surface area contributed by atoms with Gasteiger partial charge in [0, 0.05) is 12.7 Å². The zero-order valence-electron chi connectivity index (χ0n) is 11.1. The molecule has 7 nitrogen and oxygen atoms in total. The zero-order valence-corrected chi connectivity index (χ0v) is 11.9. The topological polar surface area (TPSA) is 97.4 Å². The molecule has 0 spiro atoms. The number of hydrogen-bond donors (Lipinski definition) is 2. The number of nitrogens with one attached hydrogen (secondary N) is 2. The molecule has 1 aromatic heterocycles. The van der Waals surface area contributed by atoms with Gasteiger partial charge in [0.15, 0.2) is 9.84 Å². The third-order valence-electron chi connectivity index (χ3n) is 3.09. The number of pyridine rings is 1. The summed E-state index contributed by atoms with van der Waals surface area (Å²) in [5.41, 5.74) is 0.464. The van der Waals surface area contributed by atoms with Crippen LogP contribution < -0.4 is 15.4 Å². The Balaban J connectivity index is 1.84. The molecule has 1 aliphatic heterocycles. The molecular weight excluding hydrogens is 282 g/mol. The summed E-state index contributed by atoms with van der Waals surface area (Å²) in [6.07, 6.45) is 2.16. The SMILES string of the molecule is COc1ncccc1NC(=O)NC[C@@H]1CCS(=O)(=O)C1. The maximum absolute atomic E-state index is 11.7. The number of aromatic nitrogens is 1. The second-order valence-electron chi connectivity index (χ2n) is 4.66. The first-order chi connectivity index (χ1) is 9.50. The molecule has 1 aromatic rings. The highest BCUT2D eigenvalue weighted by Gasteiger charge is 2.27. The van der Waals surface area contributed by atoms with Gasteiger partial charge in [-0.25, -0.2) is 18.2 Å². The molecule has 2 heterocycles. The highest BCUT2D eigenvalue weighted by molar-refractivity contribution is 7.91. The predicted octanol–water partition coefficient (Wildman–Crippen LogP) is 0.646. The number of urea groups is 1. The number of methoxy groups -OCH3 is 1. The molecule has 0 aromatic carbocycles. The number of rotatable bonds is 4. The first kappa shape index (κ1) is 14.6. The van der Waals surface area contributed by atoms with Gasteiger partial charge in [-0.05, 0) is 24.5 Å². The first-order valence-corrected chi connectivity index (χ1v) is 8.06. The lowest BCUT2D eigenvalue weighted by atomic mass is 10.1. The number of anilines is 1. The Labute approximate surface area is 117 Å². The average molecular weight is 299 g/mol. The van der Waals surface area contributed by atoms with E-state index in [0.717, 1.165) is 0 Å². The van der Waals surface area contributed by atoms with Crippen LogP contribution in [0.25, 0.3) is 0 Å². The van der Waals surface area contributed by atoms with Crippen molar-refractivity contribution in [3.05, 3.63) is 18.3 Å². The lowest BCUT2D eigenvalue weighted by Crippen LogP contribution is -2.33. The minimum atomic E-state index is -2.91. The third-order valence-corrected chi connectivity index (χ3v) is 4.93.